The zero-order chi connectivity index (χ0) is 12.3. The Hall–Kier alpha value is -0.890. The smallest absolute Gasteiger partial charge is 0.0765 e. The average molecular weight is 253 g/mol. The summed E-state index contributed by atoms with van der Waals surface area (Å²) < 4.78 is 0. The second-order valence-corrected chi connectivity index (χ2v) is 5.31. The van der Waals surface area contributed by atoms with E-state index >= 15 is 0 Å². The molecule has 3 heteroatoms. The maximum Gasteiger partial charge on any atom is 0.0765 e. The number of nitrogen functional groups attached to an aromatic ring is 1. The number of rotatable bonds is 3. The molecule has 0 aromatic heterocycles. The molecule has 0 bridgehead atoms. The van der Waals surface area contributed by atoms with Gasteiger partial charge in [0.2, 0.25) is 0 Å². The van der Waals surface area contributed by atoms with E-state index in [1.54, 1.807) is 0 Å². The molecule has 2 unspecified atom stereocenters. The fourth-order valence-corrected chi connectivity index (χ4v) is 3.00. The van der Waals surface area contributed by atoms with Gasteiger partial charge in [-0.1, -0.05) is 43.9 Å². The molecule has 0 amide bonds. The van der Waals surface area contributed by atoms with E-state index in [0.29, 0.717) is 6.04 Å². The van der Waals surface area contributed by atoms with Crippen molar-refractivity contribution in [2.45, 2.75) is 45.1 Å². The van der Waals surface area contributed by atoms with Gasteiger partial charge in [-0.3, -0.25) is 0 Å². The van der Waals surface area contributed by atoms with Gasteiger partial charge in [0.05, 0.1) is 16.4 Å². The Morgan fingerprint density at radius 3 is 2.82 bits per heavy atom. The number of hydrogen-bond acceptors (Lipinski definition) is 2. The van der Waals surface area contributed by atoms with Gasteiger partial charge in [-0.25, -0.2) is 0 Å². The lowest BCUT2D eigenvalue weighted by Gasteiger charge is -2.33. The molecule has 17 heavy (non-hydrogen) atoms. The minimum absolute atomic E-state index is 0.524. The predicted octanol–water partition coefficient (Wildman–Crippen LogP) is 4.30. The molecule has 1 aromatic carbocycles. The SMILES string of the molecule is CCC1CCCCC1Nc1c(N)cccc1Cl. The van der Waals surface area contributed by atoms with E-state index in [1.807, 2.05) is 18.2 Å². The normalized spacial score (nSPS) is 24.6. The van der Waals surface area contributed by atoms with Crippen molar-refractivity contribution in [3.63, 3.8) is 0 Å². The molecule has 1 aliphatic carbocycles. The summed E-state index contributed by atoms with van der Waals surface area (Å²) in [6.07, 6.45) is 6.43. The molecule has 0 radical (unpaired) electrons. The molecule has 2 atom stereocenters. The van der Waals surface area contributed by atoms with Crippen LogP contribution < -0.4 is 11.1 Å². The Labute approximate surface area is 109 Å². The first-order chi connectivity index (χ1) is 8.22. The first kappa shape index (κ1) is 12.6. The van der Waals surface area contributed by atoms with Gasteiger partial charge < -0.3 is 11.1 Å². The quantitative estimate of drug-likeness (QED) is 0.787. The van der Waals surface area contributed by atoms with Crippen LogP contribution in [-0.2, 0) is 0 Å². The van der Waals surface area contributed by atoms with E-state index in [2.05, 4.69) is 12.2 Å². The lowest BCUT2D eigenvalue weighted by Crippen LogP contribution is -2.32. The highest BCUT2D eigenvalue weighted by atomic mass is 35.5. The van der Waals surface area contributed by atoms with Crippen molar-refractivity contribution in [2.24, 2.45) is 5.92 Å². The molecule has 94 valence electrons. The van der Waals surface area contributed by atoms with Crippen LogP contribution in [0.2, 0.25) is 5.02 Å². The fourth-order valence-electron chi connectivity index (χ4n) is 2.76. The Morgan fingerprint density at radius 1 is 1.35 bits per heavy atom. The van der Waals surface area contributed by atoms with Crippen LogP contribution in [-0.4, -0.2) is 6.04 Å². The third-order valence-electron chi connectivity index (χ3n) is 3.81. The zero-order valence-electron chi connectivity index (χ0n) is 10.4. The molecule has 1 aromatic rings. The molecular weight excluding hydrogens is 232 g/mol. The van der Waals surface area contributed by atoms with Gasteiger partial charge in [-0.2, -0.15) is 0 Å². The van der Waals surface area contributed by atoms with Gasteiger partial charge in [0.1, 0.15) is 0 Å². The number of benzene rings is 1. The molecule has 0 saturated heterocycles. The fraction of sp³-hybridized carbons (Fsp3) is 0.571. The third kappa shape index (κ3) is 2.86. The highest BCUT2D eigenvalue weighted by molar-refractivity contribution is 6.33. The summed E-state index contributed by atoms with van der Waals surface area (Å²) in [6.45, 7) is 2.26. The molecule has 2 nitrogen and oxygen atoms in total. The molecule has 1 saturated carbocycles. The highest BCUT2D eigenvalue weighted by Crippen LogP contribution is 2.34. The number of nitrogens with one attached hydrogen (secondary N) is 1. The highest BCUT2D eigenvalue weighted by Gasteiger charge is 2.24. The minimum atomic E-state index is 0.524. The van der Waals surface area contributed by atoms with Crippen LogP contribution in [0.25, 0.3) is 0 Å². The molecular formula is C14H21ClN2. The Balaban J connectivity index is 2.13. The summed E-state index contributed by atoms with van der Waals surface area (Å²) in [5.41, 5.74) is 7.64. The summed E-state index contributed by atoms with van der Waals surface area (Å²) in [6, 6.07) is 6.21. The van der Waals surface area contributed by atoms with Crippen molar-refractivity contribution in [3.8, 4) is 0 Å². The van der Waals surface area contributed by atoms with E-state index in [0.717, 1.165) is 22.3 Å². The maximum atomic E-state index is 6.20. The van der Waals surface area contributed by atoms with Crippen molar-refractivity contribution < 1.29 is 0 Å². The van der Waals surface area contributed by atoms with E-state index in [4.69, 9.17) is 17.3 Å². The lowest BCUT2D eigenvalue weighted by atomic mass is 9.83. The largest absolute Gasteiger partial charge is 0.397 e. The number of para-hydroxylation sites is 1. The van der Waals surface area contributed by atoms with Gasteiger partial charge in [0.25, 0.3) is 0 Å². The van der Waals surface area contributed by atoms with Crippen molar-refractivity contribution in [3.05, 3.63) is 23.2 Å². The lowest BCUT2D eigenvalue weighted by molar-refractivity contribution is 0.317. The van der Waals surface area contributed by atoms with Crippen molar-refractivity contribution in [2.75, 3.05) is 11.1 Å². The van der Waals surface area contributed by atoms with Crippen molar-refractivity contribution in [1.29, 1.82) is 0 Å². The van der Waals surface area contributed by atoms with Gasteiger partial charge in [0.15, 0.2) is 0 Å². The van der Waals surface area contributed by atoms with Gasteiger partial charge in [-0.05, 0) is 30.9 Å². The summed E-state index contributed by atoms with van der Waals surface area (Å²) in [4.78, 5) is 0. The topological polar surface area (TPSA) is 38.0 Å². The number of halogens is 1. The van der Waals surface area contributed by atoms with Crippen LogP contribution in [0.4, 0.5) is 11.4 Å². The zero-order valence-corrected chi connectivity index (χ0v) is 11.1. The van der Waals surface area contributed by atoms with Crippen molar-refractivity contribution in [1.82, 2.24) is 0 Å². The van der Waals surface area contributed by atoms with E-state index < -0.39 is 0 Å². The molecule has 1 fully saturated rings. The van der Waals surface area contributed by atoms with E-state index in [-0.39, 0.29) is 0 Å². The second kappa shape index (κ2) is 5.63. The summed E-state index contributed by atoms with van der Waals surface area (Å²) in [5.74, 6) is 0.749. The standard InChI is InChI=1S/C14H21ClN2/c1-2-10-6-3-4-9-13(10)17-14-11(15)7-5-8-12(14)16/h5,7-8,10,13,17H,2-4,6,9,16H2,1H3. The Kier molecular flexibility index (Phi) is 4.16. The average Bonchev–Trinajstić information content (AvgIpc) is 2.34. The summed E-state index contributed by atoms with van der Waals surface area (Å²) >= 11 is 6.20. The molecule has 0 spiro atoms. The van der Waals surface area contributed by atoms with Crippen LogP contribution >= 0.6 is 11.6 Å². The molecule has 3 N–H and O–H groups in total. The summed E-state index contributed by atoms with van der Waals surface area (Å²) in [5, 5.41) is 4.29. The van der Waals surface area contributed by atoms with Gasteiger partial charge in [0, 0.05) is 6.04 Å². The second-order valence-electron chi connectivity index (χ2n) is 4.91. The van der Waals surface area contributed by atoms with E-state index in [1.165, 1.54) is 32.1 Å². The van der Waals surface area contributed by atoms with Crippen LogP contribution in [0.3, 0.4) is 0 Å². The first-order valence-corrected chi connectivity index (χ1v) is 6.90. The number of anilines is 2. The minimum Gasteiger partial charge on any atom is -0.397 e. The summed E-state index contributed by atoms with van der Waals surface area (Å²) in [7, 11) is 0. The predicted molar refractivity (Wildman–Crippen MR) is 75.5 cm³/mol. The van der Waals surface area contributed by atoms with Crippen LogP contribution in [0, 0.1) is 5.92 Å². The molecule has 2 rings (SSSR count). The first-order valence-electron chi connectivity index (χ1n) is 6.53. The molecule has 1 aliphatic rings. The van der Waals surface area contributed by atoms with Crippen LogP contribution in [0.5, 0.6) is 0 Å². The van der Waals surface area contributed by atoms with Gasteiger partial charge in [-0.15, -0.1) is 0 Å². The number of nitrogens with two attached hydrogens (primary N) is 1. The number of hydrogen-bond donors (Lipinski definition) is 2. The van der Waals surface area contributed by atoms with Gasteiger partial charge >= 0.3 is 0 Å². The Bertz CT molecular complexity index is 358. The van der Waals surface area contributed by atoms with E-state index in [9.17, 15) is 0 Å². The monoisotopic (exact) mass is 252 g/mol. The third-order valence-corrected chi connectivity index (χ3v) is 4.12. The maximum absolute atomic E-state index is 6.20. The van der Waals surface area contributed by atoms with Crippen molar-refractivity contribution >= 4 is 23.0 Å². The van der Waals surface area contributed by atoms with Crippen LogP contribution in [0.15, 0.2) is 18.2 Å². The molecule has 0 heterocycles. The Morgan fingerprint density at radius 2 is 2.12 bits per heavy atom. The van der Waals surface area contributed by atoms with Crippen LogP contribution in [0.1, 0.15) is 39.0 Å². The molecule has 0 aliphatic heterocycles.